The number of non-ortho nitro benzene ring substituents is 1. The van der Waals surface area contributed by atoms with Crippen molar-refractivity contribution in [1.29, 1.82) is 0 Å². The van der Waals surface area contributed by atoms with Crippen LogP contribution in [0.25, 0.3) is 0 Å². The van der Waals surface area contributed by atoms with Gasteiger partial charge in [-0.25, -0.2) is 13.1 Å². The Labute approximate surface area is 142 Å². The molecular weight excluding hydrogens is 342 g/mol. The van der Waals surface area contributed by atoms with Crippen molar-refractivity contribution in [1.82, 2.24) is 4.72 Å². The summed E-state index contributed by atoms with van der Waals surface area (Å²) in [6.07, 6.45) is 3.71. The minimum absolute atomic E-state index is 0. The summed E-state index contributed by atoms with van der Waals surface area (Å²) in [6, 6.07) is 3.95. The van der Waals surface area contributed by atoms with Crippen LogP contribution in [0.5, 0.6) is 0 Å². The van der Waals surface area contributed by atoms with Crippen LogP contribution in [0.15, 0.2) is 23.1 Å². The number of benzene rings is 1. The second-order valence-corrected chi connectivity index (χ2v) is 7.35. The van der Waals surface area contributed by atoms with Crippen LogP contribution in [-0.2, 0) is 16.4 Å². The minimum Gasteiger partial charge on any atom is -0.329 e. The number of nitro benzene ring substituents is 1. The topological polar surface area (TPSA) is 115 Å². The fourth-order valence-electron chi connectivity index (χ4n) is 2.94. The zero-order valence-electron chi connectivity index (χ0n) is 12.9. The largest absolute Gasteiger partial charge is 0.329 e. The minimum atomic E-state index is -3.85. The average molecular weight is 364 g/mol. The van der Waals surface area contributed by atoms with Gasteiger partial charge in [0.15, 0.2) is 0 Å². The van der Waals surface area contributed by atoms with E-state index in [2.05, 4.69) is 4.72 Å². The standard InChI is InChI=1S/C14H21N3O4S.ClH/c1-2-11-5-6-12(17(18)19)9-13(11)22(20,21)16-14(10-15)7-3-4-8-14;/h5-6,9,16H,2-4,7-8,10,15H2,1H3;1H. The highest BCUT2D eigenvalue weighted by molar-refractivity contribution is 7.89. The molecule has 9 heteroatoms. The van der Waals surface area contributed by atoms with E-state index in [4.69, 9.17) is 5.73 Å². The third kappa shape index (κ3) is 4.20. The monoisotopic (exact) mass is 363 g/mol. The number of rotatable bonds is 6. The molecule has 1 aliphatic carbocycles. The van der Waals surface area contributed by atoms with Crippen LogP contribution in [0.3, 0.4) is 0 Å². The van der Waals surface area contributed by atoms with Crippen molar-refractivity contribution in [3.63, 3.8) is 0 Å². The number of sulfonamides is 1. The van der Waals surface area contributed by atoms with E-state index in [-0.39, 0.29) is 29.5 Å². The summed E-state index contributed by atoms with van der Waals surface area (Å²) >= 11 is 0. The van der Waals surface area contributed by atoms with E-state index in [0.717, 1.165) is 18.9 Å². The maximum atomic E-state index is 12.7. The molecule has 130 valence electrons. The molecule has 0 aromatic heterocycles. The van der Waals surface area contributed by atoms with Gasteiger partial charge in [0.1, 0.15) is 0 Å². The van der Waals surface area contributed by atoms with Gasteiger partial charge in [-0.3, -0.25) is 10.1 Å². The molecule has 1 saturated carbocycles. The summed E-state index contributed by atoms with van der Waals surface area (Å²) in [5.41, 5.74) is 5.46. The Bertz CT molecular complexity index is 673. The van der Waals surface area contributed by atoms with Crippen molar-refractivity contribution in [2.24, 2.45) is 5.73 Å². The number of halogens is 1. The van der Waals surface area contributed by atoms with Crippen LogP contribution in [0.2, 0.25) is 0 Å². The Morgan fingerprint density at radius 2 is 1.96 bits per heavy atom. The van der Waals surface area contributed by atoms with E-state index in [0.29, 0.717) is 24.8 Å². The molecule has 0 unspecified atom stereocenters. The lowest BCUT2D eigenvalue weighted by atomic mass is 10.0. The second-order valence-electron chi connectivity index (χ2n) is 5.70. The zero-order chi connectivity index (χ0) is 16.4. The van der Waals surface area contributed by atoms with Gasteiger partial charge in [-0.15, -0.1) is 12.4 Å². The smallest absolute Gasteiger partial charge is 0.270 e. The number of nitrogens with one attached hydrogen (secondary N) is 1. The number of nitrogens with two attached hydrogens (primary N) is 1. The molecule has 1 aromatic carbocycles. The van der Waals surface area contributed by atoms with Gasteiger partial charge in [-0.2, -0.15) is 0 Å². The first-order chi connectivity index (χ1) is 10.3. The van der Waals surface area contributed by atoms with Crippen LogP contribution >= 0.6 is 12.4 Å². The van der Waals surface area contributed by atoms with Gasteiger partial charge in [-0.1, -0.05) is 25.8 Å². The van der Waals surface area contributed by atoms with Gasteiger partial charge in [0.2, 0.25) is 10.0 Å². The van der Waals surface area contributed by atoms with E-state index >= 15 is 0 Å². The molecule has 23 heavy (non-hydrogen) atoms. The van der Waals surface area contributed by atoms with Crippen molar-refractivity contribution in [3.05, 3.63) is 33.9 Å². The maximum Gasteiger partial charge on any atom is 0.270 e. The van der Waals surface area contributed by atoms with Crippen LogP contribution in [-0.4, -0.2) is 25.4 Å². The highest BCUT2D eigenvalue weighted by atomic mass is 35.5. The molecule has 2 rings (SSSR count). The quantitative estimate of drug-likeness (QED) is 0.593. The normalized spacial score (nSPS) is 16.8. The van der Waals surface area contributed by atoms with Crippen LogP contribution < -0.4 is 10.5 Å². The number of nitro groups is 1. The van der Waals surface area contributed by atoms with Gasteiger partial charge in [0.25, 0.3) is 5.69 Å². The number of hydrogen-bond donors (Lipinski definition) is 2. The molecule has 0 aliphatic heterocycles. The maximum absolute atomic E-state index is 12.7. The molecule has 0 saturated heterocycles. The van der Waals surface area contributed by atoms with Crippen LogP contribution in [0.1, 0.15) is 38.2 Å². The van der Waals surface area contributed by atoms with E-state index < -0.39 is 20.5 Å². The van der Waals surface area contributed by atoms with Crippen molar-refractivity contribution in [2.45, 2.75) is 49.5 Å². The number of hydrogen-bond acceptors (Lipinski definition) is 5. The molecule has 1 aromatic rings. The molecule has 0 bridgehead atoms. The van der Waals surface area contributed by atoms with E-state index in [1.165, 1.54) is 12.1 Å². The lowest BCUT2D eigenvalue weighted by Crippen LogP contribution is -2.51. The first-order valence-corrected chi connectivity index (χ1v) is 8.83. The fraction of sp³-hybridized carbons (Fsp3) is 0.571. The highest BCUT2D eigenvalue weighted by Crippen LogP contribution is 2.31. The first-order valence-electron chi connectivity index (χ1n) is 7.35. The summed E-state index contributed by atoms with van der Waals surface area (Å²) in [7, 11) is -3.85. The molecule has 3 N–H and O–H groups in total. The molecule has 0 atom stereocenters. The predicted molar refractivity (Wildman–Crippen MR) is 90.3 cm³/mol. The van der Waals surface area contributed by atoms with Crippen molar-refractivity contribution < 1.29 is 13.3 Å². The Hall–Kier alpha value is -1.22. The molecule has 1 aliphatic rings. The SMILES string of the molecule is CCc1ccc([N+](=O)[O-])cc1S(=O)(=O)NC1(CN)CCCC1.Cl. The van der Waals surface area contributed by atoms with Crippen molar-refractivity contribution in [3.8, 4) is 0 Å². The predicted octanol–water partition coefficient (Wildman–Crippen LogP) is 2.13. The molecule has 1 fully saturated rings. The zero-order valence-corrected chi connectivity index (χ0v) is 14.6. The molecule has 0 heterocycles. The third-order valence-corrected chi connectivity index (χ3v) is 5.90. The molecule has 0 radical (unpaired) electrons. The Kier molecular flexibility index (Phi) is 6.52. The van der Waals surface area contributed by atoms with Crippen molar-refractivity contribution >= 4 is 28.1 Å². The average Bonchev–Trinajstić information content (AvgIpc) is 2.94. The van der Waals surface area contributed by atoms with Gasteiger partial charge >= 0.3 is 0 Å². The third-order valence-electron chi connectivity index (χ3n) is 4.23. The fourth-order valence-corrected chi connectivity index (χ4v) is 4.74. The van der Waals surface area contributed by atoms with E-state index in [1.54, 1.807) is 0 Å². The van der Waals surface area contributed by atoms with Gasteiger partial charge in [0, 0.05) is 24.2 Å². The summed E-state index contributed by atoms with van der Waals surface area (Å²) in [6.45, 7) is 2.04. The van der Waals surface area contributed by atoms with E-state index in [9.17, 15) is 18.5 Å². The Morgan fingerprint density at radius 1 is 1.35 bits per heavy atom. The van der Waals surface area contributed by atoms with Gasteiger partial charge in [0.05, 0.1) is 9.82 Å². The molecule has 0 spiro atoms. The number of nitrogens with zero attached hydrogens (tertiary/aromatic N) is 1. The Morgan fingerprint density at radius 3 is 2.43 bits per heavy atom. The molecule has 0 amide bonds. The molecule has 7 nitrogen and oxygen atoms in total. The summed E-state index contributed by atoms with van der Waals surface area (Å²) in [4.78, 5) is 10.3. The lowest BCUT2D eigenvalue weighted by Gasteiger charge is -2.28. The van der Waals surface area contributed by atoms with Crippen LogP contribution in [0, 0.1) is 10.1 Å². The van der Waals surface area contributed by atoms with E-state index in [1.807, 2.05) is 6.92 Å². The summed E-state index contributed by atoms with van der Waals surface area (Å²) < 4.78 is 28.1. The second kappa shape index (κ2) is 7.57. The Balaban J connectivity index is 0.00000264. The van der Waals surface area contributed by atoms with Gasteiger partial charge in [-0.05, 0) is 24.8 Å². The van der Waals surface area contributed by atoms with Crippen molar-refractivity contribution in [2.75, 3.05) is 6.54 Å². The van der Waals surface area contributed by atoms with Crippen LogP contribution in [0.4, 0.5) is 5.69 Å². The van der Waals surface area contributed by atoms with Gasteiger partial charge < -0.3 is 5.73 Å². The number of aryl methyl sites for hydroxylation is 1. The lowest BCUT2D eigenvalue weighted by molar-refractivity contribution is -0.385. The highest BCUT2D eigenvalue weighted by Gasteiger charge is 2.37. The summed E-state index contributed by atoms with van der Waals surface area (Å²) in [5.74, 6) is 0. The molecular formula is C14H22ClN3O4S. The first kappa shape index (κ1) is 19.8. The summed E-state index contributed by atoms with van der Waals surface area (Å²) in [5, 5.41) is 10.9.